The Morgan fingerprint density at radius 2 is 1.75 bits per heavy atom. The molecule has 124 valence electrons. The molecule has 2 aromatic carbocycles. The lowest BCUT2D eigenvalue weighted by Gasteiger charge is -2.12. The van der Waals surface area contributed by atoms with Crippen LogP contribution in [0.2, 0.25) is 5.02 Å². The minimum absolute atomic E-state index is 0.124. The molecule has 4 N–H and O–H groups in total. The summed E-state index contributed by atoms with van der Waals surface area (Å²) >= 11 is 10.8. The predicted molar refractivity (Wildman–Crippen MR) is 96.1 cm³/mol. The van der Waals surface area contributed by atoms with Crippen LogP contribution in [0.3, 0.4) is 0 Å². The third-order valence-electron chi connectivity index (χ3n) is 2.71. The van der Waals surface area contributed by atoms with Gasteiger partial charge >= 0.3 is 6.03 Å². The summed E-state index contributed by atoms with van der Waals surface area (Å²) in [5, 5.41) is 16.7. The molecule has 24 heavy (non-hydrogen) atoms. The van der Waals surface area contributed by atoms with Crippen LogP contribution in [0.1, 0.15) is 0 Å². The van der Waals surface area contributed by atoms with Crippen LogP contribution in [-0.4, -0.2) is 16.1 Å². The first-order valence-corrected chi connectivity index (χ1v) is 7.36. The first-order chi connectivity index (χ1) is 11.4. The van der Waals surface area contributed by atoms with Gasteiger partial charge in [-0.3, -0.25) is 15.5 Å². The van der Waals surface area contributed by atoms with Crippen molar-refractivity contribution in [1.82, 2.24) is 10.9 Å². The molecule has 0 aromatic heterocycles. The van der Waals surface area contributed by atoms with Gasteiger partial charge < -0.3 is 10.6 Å². The highest BCUT2D eigenvalue weighted by Crippen LogP contribution is 2.16. The number of nitro groups is 1. The van der Waals surface area contributed by atoms with Gasteiger partial charge in [-0.05, 0) is 42.5 Å². The average Bonchev–Trinajstić information content (AvgIpc) is 2.55. The fourth-order valence-corrected chi connectivity index (χ4v) is 1.96. The lowest BCUT2D eigenvalue weighted by atomic mass is 10.3. The number of nitrogens with one attached hydrogen (secondary N) is 4. The number of benzene rings is 2. The number of urea groups is 1. The summed E-state index contributed by atoms with van der Waals surface area (Å²) in [4.78, 5) is 21.9. The van der Waals surface area contributed by atoms with E-state index in [2.05, 4.69) is 21.5 Å². The molecule has 0 radical (unpaired) electrons. The molecule has 0 unspecified atom stereocenters. The van der Waals surface area contributed by atoms with Crippen molar-refractivity contribution in [3.8, 4) is 0 Å². The SMILES string of the molecule is O=C(NNC(=S)Nc1ccc(Cl)cc1)Nc1cccc([N+](=O)[O-])c1. The summed E-state index contributed by atoms with van der Waals surface area (Å²) in [6, 6.07) is 11.8. The van der Waals surface area contributed by atoms with E-state index < -0.39 is 11.0 Å². The number of carbonyl (C=O) groups is 1. The number of amides is 2. The molecular formula is C14H12ClN5O3S. The number of anilines is 2. The first-order valence-electron chi connectivity index (χ1n) is 6.58. The van der Waals surface area contributed by atoms with E-state index in [1.54, 1.807) is 24.3 Å². The number of non-ortho nitro benzene ring substituents is 1. The Morgan fingerprint density at radius 3 is 2.42 bits per heavy atom. The molecule has 0 saturated carbocycles. The maximum atomic E-state index is 11.7. The van der Waals surface area contributed by atoms with Gasteiger partial charge in [0.15, 0.2) is 5.11 Å². The zero-order valence-corrected chi connectivity index (χ0v) is 13.6. The summed E-state index contributed by atoms with van der Waals surface area (Å²) < 4.78 is 0. The molecule has 10 heteroatoms. The van der Waals surface area contributed by atoms with Gasteiger partial charge in [-0.2, -0.15) is 0 Å². The number of carbonyl (C=O) groups excluding carboxylic acids is 1. The highest BCUT2D eigenvalue weighted by Gasteiger charge is 2.08. The zero-order chi connectivity index (χ0) is 17.5. The highest BCUT2D eigenvalue weighted by atomic mass is 35.5. The van der Waals surface area contributed by atoms with Gasteiger partial charge in [0.05, 0.1) is 4.92 Å². The van der Waals surface area contributed by atoms with E-state index in [1.165, 1.54) is 24.3 Å². The van der Waals surface area contributed by atoms with Crippen LogP contribution in [-0.2, 0) is 0 Å². The van der Waals surface area contributed by atoms with Crippen molar-refractivity contribution in [2.45, 2.75) is 0 Å². The second kappa shape index (κ2) is 8.09. The number of nitro benzene ring substituents is 1. The molecule has 0 fully saturated rings. The van der Waals surface area contributed by atoms with E-state index in [1.807, 2.05) is 0 Å². The summed E-state index contributed by atoms with van der Waals surface area (Å²) in [7, 11) is 0. The molecule has 0 saturated heterocycles. The maximum absolute atomic E-state index is 11.7. The van der Waals surface area contributed by atoms with Crippen molar-refractivity contribution in [2.75, 3.05) is 10.6 Å². The van der Waals surface area contributed by atoms with Crippen molar-refractivity contribution < 1.29 is 9.72 Å². The molecule has 2 aromatic rings. The Morgan fingerprint density at radius 1 is 1.04 bits per heavy atom. The van der Waals surface area contributed by atoms with E-state index in [0.717, 1.165) is 0 Å². The van der Waals surface area contributed by atoms with E-state index >= 15 is 0 Å². The molecule has 2 amide bonds. The Kier molecular flexibility index (Phi) is 5.88. The van der Waals surface area contributed by atoms with E-state index in [9.17, 15) is 14.9 Å². The topological polar surface area (TPSA) is 108 Å². The lowest BCUT2D eigenvalue weighted by Crippen LogP contribution is -2.45. The fraction of sp³-hybridized carbons (Fsp3) is 0. The molecule has 0 atom stereocenters. The summed E-state index contributed by atoms with van der Waals surface area (Å²) in [5.74, 6) is 0. The predicted octanol–water partition coefficient (Wildman–Crippen LogP) is 3.27. The Bertz CT molecular complexity index is 769. The average molecular weight is 366 g/mol. The van der Waals surface area contributed by atoms with Gasteiger partial charge in [0.25, 0.3) is 5.69 Å². The zero-order valence-electron chi connectivity index (χ0n) is 12.1. The van der Waals surface area contributed by atoms with Crippen molar-refractivity contribution in [2.24, 2.45) is 0 Å². The number of hydrogen-bond donors (Lipinski definition) is 4. The van der Waals surface area contributed by atoms with Crippen LogP contribution < -0.4 is 21.5 Å². The number of rotatable bonds is 3. The van der Waals surface area contributed by atoms with Crippen LogP contribution in [0.25, 0.3) is 0 Å². The number of hydrogen-bond acceptors (Lipinski definition) is 4. The standard InChI is InChI=1S/C14H12ClN5O3S/c15-9-4-6-10(7-5-9)17-14(24)19-18-13(21)16-11-2-1-3-12(8-11)20(22)23/h1-8H,(H2,16,18,21)(H2,17,19,24). The maximum Gasteiger partial charge on any atom is 0.337 e. The third kappa shape index (κ3) is 5.38. The normalized spacial score (nSPS) is 9.71. The smallest absolute Gasteiger partial charge is 0.331 e. The number of thiocarbonyl (C=S) groups is 1. The van der Waals surface area contributed by atoms with Crippen molar-refractivity contribution in [3.63, 3.8) is 0 Å². The number of halogens is 1. The monoisotopic (exact) mass is 365 g/mol. The van der Waals surface area contributed by atoms with Crippen LogP contribution in [0, 0.1) is 10.1 Å². The van der Waals surface area contributed by atoms with Crippen molar-refractivity contribution in [3.05, 3.63) is 63.7 Å². The second-order valence-electron chi connectivity index (χ2n) is 4.47. The molecule has 0 aliphatic rings. The molecule has 0 spiro atoms. The van der Waals surface area contributed by atoms with Gasteiger partial charge in [-0.15, -0.1) is 0 Å². The molecule has 0 heterocycles. The van der Waals surface area contributed by atoms with Crippen LogP contribution in [0.4, 0.5) is 21.9 Å². The quantitative estimate of drug-likeness (QED) is 0.377. The Balaban J connectivity index is 1.82. The second-order valence-corrected chi connectivity index (χ2v) is 5.32. The minimum atomic E-state index is -0.629. The van der Waals surface area contributed by atoms with Gasteiger partial charge in [0.1, 0.15) is 0 Å². The van der Waals surface area contributed by atoms with Gasteiger partial charge in [0.2, 0.25) is 0 Å². The van der Waals surface area contributed by atoms with E-state index in [-0.39, 0.29) is 16.5 Å². The molecule has 0 bridgehead atoms. The molecule has 0 aliphatic carbocycles. The summed E-state index contributed by atoms with van der Waals surface area (Å²) in [6.45, 7) is 0. The summed E-state index contributed by atoms with van der Waals surface area (Å²) in [6.07, 6.45) is 0. The van der Waals surface area contributed by atoms with Crippen LogP contribution in [0.15, 0.2) is 48.5 Å². The van der Waals surface area contributed by atoms with Crippen LogP contribution in [0.5, 0.6) is 0 Å². The van der Waals surface area contributed by atoms with E-state index in [0.29, 0.717) is 10.7 Å². The van der Waals surface area contributed by atoms with Crippen molar-refractivity contribution >= 4 is 52.0 Å². The first kappa shape index (κ1) is 17.4. The number of hydrazine groups is 1. The largest absolute Gasteiger partial charge is 0.337 e. The van der Waals surface area contributed by atoms with Crippen LogP contribution >= 0.6 is 23.8 Å². The van der Waals surface area contributed by atoms with E-state index in [4.69, 9.17) is 23.8 Å². The van der Waals surface area contributed by atoms with Gasteiger partial charge in [-0.1, -0.05) is 17.7 Å². The summed E-state index contributed by atoms with van der Waals surface area (Å²) in [5.41, 5.74) is 5.65. The number of nitrogens with zero attached hydrogens (tertiary/aromatic N) is 1. The van der Waals surface area contributed by atoms with Gasteiger partial charge in [0, 0.05) is 28.5 Å². The van der Waals surface area contributed by atoms with Crippen molar-refractivity contribution in [1.29, 1.82) is 0 Å². The highest BCUT2D eigenvalue weighted by molar-refractivity contribution is 7.80. The third-order valence-corrected chi connectivity index (χ3v) is 3.16. The molecule has 0 aliphatic heterocycles. The Labute approximate surface area is 147 Å². The molecule has 2 rings (SSSR count). The lowest BCUT2D eigenvalue weighted by molar-refractivity contribution is -0.384. The fourth-order valence-electron chi connectivity index (χ4n) is 1.67. The molecule has 8 nitrogen and oxygen atoms in total. The van der Waals surface area contributed by atoms with Gasteiger partial charge in [-0.25, -0.2) is 10.2 Å². The minimum Gasteiger partial charge on any atom is -0.331 e. The molecular weight excluding hydrogens is 354 g/mol. The Hall–Kier alpha value is -2.91.